The van der Waals surface area contributed by atoms with E-state index in [1.807, 2.05) is 36.4 Å². The van der Waals surface area contributed by atoms with Crippen LogP contribution in [0.4, 0.5) is 0 Å². The molecule has 0 atom stereocenters. The molecule has 0 saturated heterocycles. The summed E-state index contributed by atoms with van der Waals surface area (Å²) in [6, 6.07) is 12.0. The summed E-state index contributed by atoms with van der Waals surface area (Å²) in [7, 11) is 0. The van der Waals surface area contributed by atoms with E-state index in [0.29, 0.717) is 7.16 Å². The van der Waals surface area contributed by atoms with Gasteiger partial charge >= 0.3 is 39.0 Å². The Morgan fingerprint density at radius 3 is 0.519 bits per heavy atom. The molecule has 1 aromatic carbocycles. The van der Waals surface area contributed by atoms with Crippen molar-refractivity contribution < 1.29 is 98.4 Å². The molecule has 12 nitrogen and oxygen atoms in total. The standard InChI is InChI=1S/C6H6.2C5H7IO2.4C5H8O2.2Ru/c1-2-4-6-5-3-1;2*1-3(7)5(6)4(2)8;4*1-4(6)3-5(2)7;;/h1-6H;2*7H,1-2H3;4*3,6H,1-2H3;;/q;;;;;;;2*+3/p-6/b;2*5-3+;4*4-3-;;. The Morgan fingerprint density at radius 2 is 0.500 bits per heavy atom. The van der Waals surface area contributed by atoms with Crippen molar-refractivity contribution in [2.24, 2.45) is 0 Å². The Bertz CT molecular complexity index is 1200. The summed E-state index contributed by atoms with van der Waals surface area (Å²) < 4.78 is 0.588. The smallest absolute Gasteiger partial charge is 0.876 e. The summed E-state index contributed by atoms with van der Waals surface area (Å²) in [5.74, 6) is -2.12. The van der Waals surface area contributed by atoms with Crippen LogP contribution in [0.1, 0.15) is 83.1 Å². The van der Waals surface area contributed by atoms with Crippen molar-refractivity contribution in [1.82, 2.24) is 0 Å². The first-order chi connectivity index (χ1) is 22.6. The molecule has 0 N–H and O–H groups in total. The van der Waals surface area contributed by atoms with Crippen LogP contribution in [0.3, 0.4) is 0 Å². The summed E-state index contributed by atoms with van der Waals surface area (Å²) in [4.78, 5) is 60.6. The van der Waals surface area contributed by atoms with Crippen molar-refractivity contribution in [3.8, 4) is 0 Å². The minimum Gasteiger partial charge on any atom is -0.876 e. The van der Waals surface area contributed by atoms with E-state index in [1.54, 1.807) is 45.2 Å². The van der Waals surface area contributed by atoms with Gasteiger partial charge in [-0.15, -0.1) is 34.6 Å². The van der Waals surface area contributed by atoms with Crippen molar-refractivity contribution in [3.63, 3.8) is 0 Å². The van der Waals surface area contributed by atoms with Gasteiger partial charge in [0.2, 0.25) is 0 Å². The monoisotopic (exact) mass is 1130 g/mol. The van der Waals surface area contributed by atoms with E-state index in [2.05, 4.69) is 0 Å². The maximum absolute atomic E-state index is 10.3. The van der Waals surface area contributed by atoms with Gasteiger partial charge in [-0.2, -0.15) is 0 Å². The van der Waals surface area contributed by atoms with Crippen LogP contribution in [0, 0.1) is 0 Å². The van der Waals surface area contributed by atoms with E-state index >= 15 is 0 Å². The van der Waals surface area contributed by atoms with E-state index < -0.39 is 0 Å². The molecule has 1 aromatic rings. The minimum absolute atomic E-state index is 0. The van der Waals surface area contributed by atoms with Gasteiger partial charge in [0, 0.05) is 7.16 Å². The summed E-state index contributed by atoms with van der Waals surface area (Å²) >= 11 is 3.48. The van der Waals surface area contributed by atoms with Crippen LogP contribution in [-0.2, 0) is 67.7 Å². The van der Waals surface area contributed by atoms with Crippen LogP contribution in [0.5, 0.6) is 0 Å². The Kier molecular flexibility index (Phi) is 57.4. The van der Waals surface area contributed by atoms with Gasteiger partial charge < -0.3 is 30.6 Å². The summed E-state index contributed by atoms with van der Waals surface area (Å²) in [6.45, 7) is 16.3. The number of hydrogen-bond donors (Lipinski definition) is 0. The van der Waals surface area contributed by atoms with Gasteiger partial charge in [-0.3, -0.25) is 28.8 Å². The molecule has 0 aliphatic rings. The molecule has 0 amide bonds. The molecule has 0 aliphatic carbocycles. The van der Waals surface area contributed by atoms with Crippen molar-refractivity contribution in [2.75, 3.05) is 0 Å². The average Bonchev–Trinajstić information content (AvgIpc) is 2.92. The average molecular weight is 1130 g/mol. The zero-order valence-electron chi connectivity index (χ0n) is 31.1. The molecule has 0 aliphatic heterocycles. The molecule has 1 rings (SSSR count). The van der Waals surface area contributed by atoms with Gasteiger partial charge in [0.05, 0.1) is 0 Å². The molecule has 52 heavy (non-hydrogen) atoms. The molecule has 0 aromatic heterocycles. The minimum atomic E-state index is -0.187. The fraction of sp³-hybridized carbons (Fsp3) is 0.333. The molecule has 0 fully saturated rings. The fourth-order valence-corrected chi connectivity index (χ4v) is 2.03. The van der Waals surface area contributed by atoms with E-state index in [4.69, 9.17) is 0 Å². The van der Waals surface area contributed by atoms with Crippen LogP contribution in [0.15, 0.2) is 102 Å². The van der Waals surface area contributed by atoms with Gasteiger partial charge in [0.1, 0.15) is 0 Å². The van der Waals surface area contributed by atoms with Crippen LogP contribution in [0.2, 0.25) is 0 Å². The maximum Gasteiger partial charge on any atom is 3.00 e. The molecule has 0 saturated carbocycles. The number of rotatable bonds is 6. The van der Waals surface area contributed by atoms with Crippen LogP contribution in [-0.4, -0.2) is 34.7 Å². The Hall–Kier alpha value is -2.81. The first-order valence-electron chi connectivity index (χ1n) is 14.1. The van der Waals surface area contributed by atoms with Gasteiger partial charge in [-0.1, -0.05) is 77.9 Å². The van der Waals surface area contributed by atoms with Gasteiger partial charge in [-0.05, 0) is 111 Å². The van der Waals surface area contributed by atoms with Crippen molar-refractivity contribution in [2.45, 2.75) is 83.1 Å². The molecular formula is C36H46I2O12Ru2. The number of hydrogen-bond acceptors (Lipinski definition) is 12. The molecule has 0 bridgehead atoms. The van der Waals surface area contributed by atoms with Crippen LogP contribution >= 0.6 is 45.2 Å². The third-order valence-electron chi connectivity index (χ3n) is 3.53. The van der Waals surface area contributed by atoms with E-state index in [9.17, 15) is 59.4 Å². The number of carbonyl (C=O) groups is 6. The van der Waals surface area contributed by atoms with Crippen molar-refractivity contribution in [1.29, 1.82) is 0 Å². The largest absolute Gasteiger partial charge is 3.00 e. The normalized spacial score (nSPS) is 11.0. The van der Waals surface area contributed by atoms with E-state index in [-0.39, 0.29) is 108 Å². The van der Waals surface area contributed by atoms with E-state index in [0.717, 1.165) is 24.3 Å². The summed E-state index contributed by atoms with van der Waals surface area (Å²) in [5.41, 5.74) is 0. The fourth-order valence-electron chi connectivity index (χ4n) is 2.03. The van der Waals surface area contributed by atoms with Crippen molar-refractivity contribution >= 4 is 79.9 Å². The number of carbonyl (C=O) groups excluding carboxylic acids is 6. The predicted octanol–water partition coefficient (Wildman–Crippen LogP) is 2.24. The second-order valence-corrected chi connectivity index (χ2v) is 11.6. The number of ketones is 6. The predicted molar refractivity (Wildman–Crippen MR) is 199 cm³/mol. The van der Waals surface area contributed by atoms with E-state index in [1.165, 1.54) is 83.1 Å². The summed E-state index contributed by atoms with van der Waals surface area (Å²) in [6.07, 6.45) is 4.22. The molecule has 2 radical (unpaired) electrons. The third kappa shape index (κ3) is 81.3. The Morgan fingerprint density at radius 1 is 0.365 bits per heavy atom. The zero-order valence-corrected chi connectivity index (χ0v) is 38.9. The first-order valence-corrected chi connectivity index (χ1v) is 16.3. The Balaban J connectivity index is -0.0000000720. The van der Waals surface area contributed by atoms with Crippen LogP contribution < -0.4 is 30.6 Å². The third-order valence-corrected chi connectivity index (χ3v) is 6.57. The maximum atomic E-state index is 10.3. The molecule has 292 valence electrons. The summed E-state index contributed by atoms with van der Waals surface area (Å²) in [5, 5.41) is 60.6. The van der Waals surface area contributed by atoms with Gasteiger partial charge in [0.15, 0.2) is 34.7 Å². The number of benzene rings is 1. The van der Waals surface area contributed by atoms with Gasteiger partial charge in [-0.25, -0.2) is 0 Å². The second kappa shape index (κ2) is 44.3. The second-order valence-electron chi connectivity index (χ2n) is 9.47. The van der Waals surface area contributed by atoms with Gasteiger partial charge in [0.25, 0.3) is 0 Å². The molecular weight excluding hydrogens is 1080 g/mol. The number of halogens is 2. The first kappa shape index (κ1) is 67.3. The molecule has 0 spiro atoms. The zero-order chi connectivity index (χ0) is 41.2. The molecule has 0 heterocycles. The quantitative estimate of drug-likeness (QED) is 0.173. The Labute approximate surface area is 360 Å². The molecule has 0 unspecified atom stereocenters. The molecule has 16 heteroatoms. The van der Waals surface area contributed by atoms with Crippen LogP contribution in [0.25, 0.3) is 0 Å². The SMILES string of the molecule is CC(=O)/C(I)=C(/C)[O-].CC(=O)/C(I)=C(/C)[O-].CC(=O)/C=C(/C)[O-].CC(=O)/C=C(/C)[O-].CC(=O)/C=C(/C)[O-].CC(=O)/C=C(/C)[O-].[Ru+3].[Ru+3].c1ccccc1. The number of allylic oxidation sites excluding steroid dienone is 12. The van der Waals surface area contributed by atoms with Crippen molar-refractivity contribution in [3.05, 3.63) is 102 Å². The number of Topliss-reactive ketones (excluding diaryl/α,β-unsaturated/α-hetero) is 2. The topological polar surface area (TPSA) is 241 Å².